The van der Waals surface area contributed by atoms with Gasteiger partial charge in [0.2, 0.25) is 5.13 Å². The van der Waals surface area contributed by atoms with E-state index in [0.717, 1.165) is 40.7 Å². The van der Waals surface area contributed by atoms with Crippen molar-refractivity contribution in [3.63, 3.8) is 0 Å². The zero-order valence-electron chi connectivity index (χ0n) is 15.4. The lowest BCUT2D eigenvalue weighted by Gasteiger charge is -2.31. The van der Waals surface area contributed by atoms with Gasteiger partial charge in [-0.1, -0.05) is 0 Å². The van der Waals surface area contributed by atoms with Gasteiger partial charge in [0, 0.05) is 47.6 Å². The van der Waals surface area contributed by atoms with E-state index in [9.17, 15) is 0 Å². The molecule has 2 unspecified atom stereocenters. The van der Waals surface area contributed by atoms with Crippen molar-refractivity contribution >= 4 is 22.2 Å². The minimum atomic E-state index is 0.657. The monoisotopic (exact) mass is 372 g/mol. The third-order valence-corrected chi connectivity index (χ3v) is 6.17. The molecular formula is C19H24N4O2S. The second-order valence-electron chi connectivity index (χ2n) is 6.85. The van der Waals surface area contributed by atoms with Crippen molar-refractivity contribution in [3.8, 4) is 22.8 Å². The SMILES string of the molecule is COc1ccc(-c2csc(NN=C3CC4CCC(C3)N4C)n2)c(OC)c1. The van der Waals surface area contributed by atoms with Crippen LogP contribution in [0.1, 0.15) is 25.7 Å². The van der Waals surface area contributed by atoms with Crippen LogP contribution in [0.25, 0.3) is 11.3 Å². The molecule has 0 amide bonds. The summed E-state index contributed by atoms with van der Waals surface area (Å²) in [5.41, 5.74) is 6.24. The van der Waals surface area contributed by atoms with Crippen molar-refractivity contribution in [2.75, 3.05) is 26.7 Å². The number of aromatic nitrogens is 1. The predicted octanol–water partition coefficient (Wildman–Crippen LogP) is 3.85. The van der Waals surface area contributed by atoms with Crippen molar-refractivity contribution in [1.29, 1.82) is 0 Å². The average molecular weight is 372 g/mol. The first-order chi connectivity index (χ1) is 12.7. The number of fused-ring (bicyclic) bond motifs is 2. The predicted molar refractivity (Wildman–Crippen MR) is 106 cm³/mol. The van der Waals surface area contributed by atoms with Gasteiger partial charge in [0.25, 0.3) is 0 Å². The Kier molecular flexibility index (Phi) is 4.82. The van der Waals surface area contributed by atoms with E-state index in [-0.39, 0.29) is 0 Å². The number of nitrogens with one attached hydrogen (secondary N) is 1. The highest BCUT2D eigenvalue weighted by molar-refractivity contribution is 7.14. The second kappa shape index (κ2) is 7.25. The molecule has 0 radical (unpaired) electrons. The lowest BCUT2D eigenvalue weighted by Crippen LogP contribution is -2.40. The molecule has 1 aromatic carbocycles. The van der Waals surface area contributed by atoms with Crippen molar-refractivity contribution in [3.05, 3.63) is 23.6 Å². The fraction of sp³-hybridized carbons (Fsp3) is 0.474. The van der Waals surface area contributed by atoms with Gasteiger partial charge in [-0.15, -0.1) is 11.3 Å². The van der Waals surface area contributed by atoms with Crippen LogP contribution in [-0.2, 0) is 0 Å². The maximum absolute atomic E-state index is 5.48. The minimum absolute atomic E-state index is 0.657. The number of piperidine rings is 1. The average Bonchev–Trinajstić information content (AvgIpc) is 3.20. The smallest absolute Gasteiger partial charge is 0.203 e. The van der Waals surface area contributed by atoms with Gasteiger partial charge in [-0.3, -0.25) is 10.3 Å². The van der Waals surface area contributed by atoms with Gasteiger partial charge < -0.3 is 9.47 Å². The first-order valence-corrected chi connectivity index (χ1v) is 9.77. The van der Waals surface area contributed by atoms with Gasteiger partial charge in [0.05, 0.1) is 19.9 Å². The summed E-state index contributed by atoms with van der Waals surface area (Å²) in [5.74, 6) is 1.52. The van der Waals surface area contributed by atoms with Crippen LogP contribution in [-0.4, -0.2) is 48.9 Å². The first-order valence-electron chi connectivity index (χ1n) is 8.89. The highest BCUT2D eigenvalue weighted by atomic mass is 32.1. The van der Waals surface area contributed by atoms with Crippen LogP contribution in [0, 0.1) is 0 Å². The molecule has 1 aromatic heterocycles. The molecule has 3 heterocycles. The van der Waals surface area contributed by atoms with E-state index in [4.69, 9.17) is 9.47 Å². The molecule has 0 aliphatic carbocycles. The quantitative estimate of drug-likeness (QED) is 0.808. The summed E-state index contributed by atoms with van der Waals surface area (Å²) in [7, 11) is 5.54. The van der Waals surface area contributed by atoms with Crippen molar-refractivity contribution in [2.24, 2.45) is 5.10 Å². The van der Waals surface area contributed by atoms with E-state index in [1.165, 1.54) is 18.6 Å². The first kappa shape index (κ1) is 17.3. The van der Waals surface area contributed by atoms with Gasteiger partial charge in [-0.05, 0) is 32.0 Å². The van der Waals surface area contributed by atoms with E-state index in [1.807, 2.05) is 23.6 Å². The number of hydrazone groups is 1. The summed E-state index contributed by atoms with van der Waals surface area (Å²) < 4.78 is 10.7. The van der Waals surface area contributed by atoms with Crippen LogP contribution in [0.5, 0.6) is 11.5 Å². The molecule has 2 aromatic rings. The maximum Gasteiger partial charge on any atom is 0.203 e. The number of benzene rings is 1. The molecule has 2 aliphatic rings. The zero-order chi connectivity index (χ0) is 18.1. The Balaban J connectivity index is 1.48. The maximum atomic E-state index is 5.48. The number of hydrogen-bond donors (Lipinski definition) is 1. The third-order valence-electron chi connectivity index (χ3n) is 5.43. The molecule has 2 aliphatic heterocycles. The summed E-state index contributed by atoms with van der Waals surface area (Å²) in [6.07, 6.45) is 4.70. The van der Waals surface area contributed by atoms with Crippen molar-refractivity contribution in [1.82, 2.24) is 9.88 Å². The molecule has 1 N–H and O–H groups in total. The Morgan fingerprint density at radius 3 is 2.65 bits per heavy atom. The highest BCUT2D eigenvalue weighted by Gasteiger charge is 2.36. The summed E-state index contributed by atoms with van der Waals surface area (Å²) in [4.78, 5) is 7.18. The zero-order valence-corrected chi connectivity index (χ0v) is 16.2. The van der Waals surface area contributed by atoms with Crippen LogP contribution >= 0.6 is 11.3 Å². The summed E-state index contributed by atoms with van der Waals surface area (Å²) >= 11 is 1.55. The van der Waals surface area contributed by atoms with Crippen LogP contribution in [0.2, 0.25) is 0 Å². The van der Waals surface area contributed by atoms with Crippen molar-refractivity contribution in [2.45, 2.75) is 37.8 Å². The van der Waals surface area contributed by atoms with E-state index >= 15 is 0 Å². The fourth-order valence-corrected chi connectivity index (χ4v) is 4.54. The van der Waals surface area contributed by atoms with Crippen LogP contribution < -0.4 is 14.9 Å². The lowest BCUT2D eigenvalue weighted by atomic mass is 10.0. The number of thiazole rings is 1. The second-order valence-corrected chi connectivity index (χ2v) is 7.71. The van der Waals surface area contributed by atoms with Crippen LogP contribution in [0.4, 0.5) is 5.13 Å². The van der Waals surface area contributed by atoms with Crippen LogP contribution in [0.15, 0.2) is 28.7 Å². The fourth-order valence-electron chi connectivity index (χ4n) is 3.89. The number of rotatable bonds is 5. The summed E-state index contributed by atoms with van der Waals surface area (Å²) in [6, 6.07) is 7.07. The molecule has 0 spiro atoms. The normalized spacial score (nSPS) is 22.3. The molecule has 0 saturated carbocycles. The molecule has 2 saturated heterocycles. The molecule has 26 heavy (non-hydrogen) atoms. The highest BCUT2D eigenvalue weighted by Crippen LogP contribution is 2.35. The van der Waals surface area contributed by atoms with Gasteiger partial charge in [0.1, 0.15) is 11.5 Å². The number of methoxy groups -OCH3 is 2. The van der Waals surface area contributed by atoms with Gasteiger partial charge >= 0.3 is 0 Å². The molecule has 2 fully saturated rings. The van der Waals surface area contributed by atoms with E-state index in [1.54, 1.807) is 25.6 Å². The Hall–Kier alpha value is -2.12. The molecule has 138 valence electrons. The molecule has 2 bridgehead atoms. The summed E-state index contributed by atoms with van der Waals surface area (Å²) in [5, 5.41) is 7.46. The number of ether oxygens (including phenoxy) is 2. The Morgan fingerprint density at radius 1 is 1.19 bits per heavy atom. The Morgan fingerprint density at radius 2 is 1.96 bits per heavy atom. The third kappa shape index (κ3) is 3.29. The Labute approximate surface area is 157 Å². The van der Waals surface area contributed by atoms with Crippen molar-refractivity contribution < 1.29 is 9.47 Å². The Bertz CT molecular complexity index is 804. The van der Waals surface area contributed by atoms with E-state index in [2.05, 4.69) is 27.5 Å². The molecule has 4 rings (SSSR count). The largest absolute Gasteiger partial charge is 0.497 e. The molecule has 7 heteroatoms. The summed E-state index contributed by atoms with van der Waals surface area (Å²) in [6.45, 7) is 0. The van der Waals surface area contributed by atoms with Gasteiger partial charge in [-0.2, -0.15) is 5.10 Å². The van der Waals surface area contributed by atoms with E-state index < -0.39 is 0 Å². The topological polar surface area (TPSA) is 59.0 Å². The number of hydrogen-bond acceptors (Lipinski definition) is 7. The van der Waals surface area contributed by atoms with Gasteiger partial charge in [0.15, 0.2) is 0 Å². The lowest BCUT2D eigenvalue weighted by molar-refractivity contribution is 0.231. The minimum Gasteiger partial charge on any atom is -0.497 e. The molecular weight excluding hydrogens is 348 g/mol. The molecule has 6 nitrogen and oxygen atoms in total. The van der Waals surface area contributed by atoms with Gasteiger partial charge in [-0.25, -0.2) is 4.98 Å². The van der Waals surface area contributed by atoms with E-state index in [0.29, 0.717) is 12.1 Å². The molecule has 2 atom stereocenters. The standard InChI is InChI=1S/C19H24N4O2S/c1-23-13-4-5-14(23)9-12(8-13)21-22-19-20-17(11-26-19)16-7-6-15(24-2)10-18(16)25-3/h6-7,10-11,13-14H,4-5,8-9H2,1-3H3,(H,20,22). The number of anilines is 1. The number of nitrogens with zero attached hydrogens (tertiary/aromatic N) is 3. The van der Waals surface area contributed by atoms with Crippen LogP contribution in [0.3, 0.4) is 0 Å².